The van der Waals surface area contributed by atoms with E-state index in [9.17, 15) is 4.79 Å². The van der Waals surface area contributed by atoms with Gasteiger partial charge in [-0.2, -0.15) is 0 Å². The van der Waals surface area contributed by atoms with Crippen molar-refractivity contribution in [3.63, 3.8) is 0 Å². The summed E-state index contributed by atoms with van der Waals surface area (Å²) < 4.78 is 0. The van der Waals surface area contributed by atoms with Crippen LogP contribution in [0.15, 0.2) is 18.2 Å². The van der Waals surface area contributed by atoms with Crippen LogP contribution in [0.5, 0.6) is 0 Å². The fraction of sp³-hybridized carbons (Fsp3) is 0.682. The Kier molecular flexibility index (Phi) is 4.83. The van der Waals surface area contributed by atoms with Gasteiger partial charge >= 0.3 is 0 Å². The molecule has 0 bridgehead atoms. The van der Waals surface area contributed by atoms with Gasteiger partial charge in [0.2, 0.25) is 0 Å². The average Bonchev–Trinajstić information content (AvgIpc) is 2.89. The van der Waals surface area contributed by atoms with Crippen LogP contribution in [0.25, 0.3) is 0 Å². The number of hydrogen-bond acceptors (Lipinski definition) is 4. The fourth-order valence-electron chi connectivity index (χ4n) is 5.01. The number of nitrogens with zero attached hydrogens (tertiary/aromatic N) is 3. The van der Waals surface area contributed by atoms with Crippen molar-refractivity contribution in [3.8, 4) is 0 Å². The minimum absolute atomic E-state index is 0.115. The smallest absolute Gasteiger partial charge is 0.169 e. The van der Waals surface area contributed by atoms with Crippen molar-refractivity contribution in [3.05, 3.63) is 29.3 Å². The lowest BCUT2D eigenvalue weighted by atomic mass is 9.75. The number of likely N-dealkylation sites (tertiary alicyclic amines) is 1. The van der Waals surface area contributed by atoms with Crippen LogP contribution in [-0.4, -0.2) is 68.4 Å². The molecule has 1 aliphatic carbocycles. The van der Waals surface area contributed by atoms with Gasteiger partial charge in [0.25, 0.3) is 0 Å². The second kappa shape index (κ2) is 6.97. The maximum atomic E-state index is 13.3. The molecular weight excluding hydrogens is 322 g/mol. The standard InChI is InChI=1S/C22H33N3O/c1-17(2)16-24-8-6-22(7-9-24)15-18-4-5-19(14-20(18)21(22)26)25-12-10-23(3)11-13-25/h4-5,14,17H,6-13,15-16H2,1-3H3. The molecule has 4 nitrogen and oxygen atoms in total. The molecule has 0 N–H and O–H groups in total. The Morgan fingerprint density at radius 2 is 1.73 bits per heavy atom. The van der Waals surface area contributed by atoms with E-state index < -0.39 is 0 Å². The zero-order chi connectivity index (χ0) is 18.3. The molecule has 1 spiro atoms. The third kappa shape index (κ3) is 3.29. The van der Waals surface area contributed by atoms with Gasteiger partial charge in [-0.15, -0.1) is 0 Å². The third-order valence-electron chi connectivity index (χ3n) is 6.65. The molecule has 0 radical (unpaired) electrons. The van der Waals surface area contributed by atoms with E-state index in [2.05, 4.69) is 53.8 Å². The molecule has 2 heterocycles. The molecule has 3 aliphatic rings. The number of piperazine rings is 1. The van der Waals surface area contributed by atoms with Crippen molar-refractivity contribution in [1.29, 1.82) is 0 Å². The molecule has 142 valence electrons. The molecule has 2 aliphatic heterocycles. The number of hydrogen-bond donors (Lipinski definition) is 0. The van der Waals surface area contributed by atoms with Gasteiger partial charge in [0.05, 0.1) is 0 Å². The van der Waals surface area contributed by atoms with E-state index in [4.69, 9.17) is 0 Å². The SMILES string of the molecule is CC(C)CN1CCC2(CC1)Cc1ccc(N3CCN(C)CC3)cc1C2=O. The van der Waals surface area contributed by atoms with Crippen molar-refractivity contribution < 1.29 is 4.79 Å². The molecule has 0 aromatic heterocycles. The lowest BCUT2D eigenvalue weighted by molar-refractivity contribution is 0.0617. The quantitative estimate of drug-likeness (QED) is 0.833. The zero-order valence-corrected chi connectivity index (χ0v) is 16.6. The largest absolute Gasteiger partial charge is 0.369 e. The van der Waals surface area contributed by atoms with Gasteiger partial charge < -0.3 is 14.7 Å². The van der Waals surface area contributed by atoms with E-state index in [0.717, 1.165) is 70.6 Å². The average molecular weight is 356 g/mol. The highest BCUT2D eigenvalue weighted by molar-refractivity contribution is 6.05. The Morgan fingerprint density at radius 1 is 1.04 bits per heavy atom. The van der Waals surface area contributed by atoms with Crippen LogP contribution < -0.4 is 4.90 Å². The summed E-state index contributed by atoms with van der Waals surface area (Å²) in [7, 11) is 2.18. The van der Waals surface area contributed by atoms with Crippen LogP contribution >= 0.6 is 0 Å². The number of rotatable bonds is 3. The van der Waals surface area contributed by atoms with Gasteiger partial charge in [0, 0.05) is 49.4 Å². The summed E-state index contributed by atoms with van der Waals surface area (Å²) in [4.78, 5) is 20.7. The van der Waals surface area contributed by atoms with Gasteiger partial charge in [-0.1, -0.05) is 19.9 Å². The Labute approximate surface area is 158 Å². The summed E-state index contributed by atoms with van der Waals surface area (Å²) in [6.07, 6.45) is 3.01. The predicted molar refractivity (Wildman–Crippen MR) is 107 cm³/mol. The Hall–Kier alpha value is -1.39. The molecule has 4 heteroatoms. The summed E-state index contributed by atoms with van der Waals surface area (Å²) in [6.45, 7) is 12.2. The molecule has 2 fully saturated rings. The van der Waals surface area contributed by atoms with Crippen LogP contribution in [-0.2, 0) is 6.42 Å². The topological polar surface area (TPSA) is 26.8 Å². The molecule has 4 rings (SSSR count). The highest BCUT2D eigenvalue weighted by Gasteiger charge is 2.47. The number of carbonyl (C=O) groups excluding carboxylic acids is 1. The van der Waals surface area contributed by atoms with E-state index in [0.29, 0.717) is 11.7 Å². The highest BCUT2D eigenvalue weighted by atomic mass is 16.1. The first-order chi connectivity index (χ1) is 12.5. The number of Topliss-reactive ketones (excluding diaryl/α,β-unsaturated/α-hetero) is 1. The Balaban J connectivity index is 1.48. The zero-order valence-electron chi connectivity index (χ0n) is 16.6. The molecule has 26 heavy (non-hydrogen) atoms. The van der Waals surface area contributed by atoms with Gasteiger partial charge in [-0.25, -0.2) is 0 Å². The van der Waals surface area contributed by atoms with Crippen LogP contribution in [0, 0.1) is 11.3 Å². The first kappa shape index (κ1) is 18.0. The minimum atomic E-state index is -0.115. The highest BCUT2D eigenvalue weighted by Crippen LogP contribution is 2.45. The van der Waals surface area contributed by atoms with Crippen molar-refractivity contribution >= 4 is 11.5 Å². The molecule has 0 atom stereocenters. The van der Waals surface area contributed by atoms with Crippen molar-refractivity contribution in [1.82, 2.24) is 9.80 Å². The van der Waals surface area contributed by atoms with Gasteiger partial charge in [0.15, 0.2) is 5.78 Å². The van der Waals surface area contributed by atoms with Gasteiger partial charge in [-0.3, -0.25) is 4.79 Å². The maximum absolute atomic E-state index is 13.3. The minimum Gasteiger partial charge on any atom is -0.369 e. The normalized spacial score (nSPS) is 23.8. The van der Waals surface area contributed by atoms with Crippen molar-refractivity contribution in [2.24, 2.45) is 11.3 Å². The van der Waals surface area contributed by atoms with E-state index in [1.807, 2.05) is 0 Å². The molecule has 1 aromatic carbocycles. The molecular formula is C22H33N3O. The first-order valence-corrected chi connectivity index (χ1v) is 10.3. The second-order valence-corrected chi connectivity index (χ2v) is 9.11. The third-order valence-corrected chi connectivity index (χ3v) is 6.65. The van der Waals surface area contributed by atoms with Crippen LogP contribution in [0.2, 0.25) is 0 Å². The predicted octanol–water partition coefficient (Wildman–Crippen LogP) is 2.92. The summed E-state index contributed by atoms with van der Waals surface area (Å²) in [5, 5.41) is 0. The lowest BCUT2D eigenvalue weighted by Crippen LogP contribution is -2.44. The number of benzene rings is 1. The number of carbonyl (C=O) groups is 1. The summed E-state index contributed by atoms with van der Waals surface area (Å²) in [6, 6.07) is 6.67. The van der Waals surface area contributed by atoms with E-state index in [1.54, 1.807) is 0 Å². The Morgan fingerprint density at radius 3 is 2.38 bits per heavy atom. The number of fused-ring (bicyclic) bond motifs is 1. The van der Waals surface area contributed by atoms with Crippen LogP contribution in [0.3, 0.4) is 0 Å². The summed E-state index contributed by atoms with van der Waals surface area (Å²) in [5.74, 6) is 1.12. The molecule has 0 saturated carbocycles. The van der Waals surface area contributed by atoms with Crippen molar-refractivity contribution in [2.75, 3.05) is 57.8 Å². The number of anilines is 1. The summed E-state index contributed by atoms with van der Waals surface area (Å²) >= 11 is 0. The van der Waals surface area contributed by atoms with Crippen LogP contribution in [0.4, 0.5) is 5.69 Å². The molecule has 1 aromatic rings. The van der Waals surface area contributed by atoms with Crippen molar-refractivity contribution in [2.45, 2.75) is 33.1 Å². The monoisotopic (exact) mass is 355 g/mol. The fourth-order valence-corrected chi connectivity index (χ4v) is 5.01. The molecule has 0 amide bonds. The molecule has 2 saturated heterocycles. The number of piperidine rings is 1. The van der Waals surface area contributed by atoms with Gasteiger partial charge in [0.1, 0.15) is 0 Å². The second-order valence-electron chi connectivity index (χ2n) is 9.11. The first-order valence-electron chi connectivity index (χ1n) is 10.3. The van der Waals surface area contributed by atoms with E-state index in [1.165, 1.54) is 11.3 Å². The van der Waals surface area contributed by atoms with Crippen LogP contribution in [0.1, 0.15) is 42.6 Å². The van der Waals surface area contributed by atoms with E-state index >= 15 is 0 Å². The summed E-state index contributed by atoms with van der Waals surface area (Å²) in [5.41, 5.74) is 3.42. The van der Waals surface area contributed by atoms with E-state index in [-0.39, 0.29) is 5.41 Å². The number of likely N-dealkylation sites (N-methyl/N-ethyl adjacent to an activating group) is 1. The molecule has 0 unspecified atom stereocenters. The van der Waals surface area contributed by atoms with Gasteiger partial charge in [-0.05, 0) is 63.0 Å². The lowest BCUT2D eigenvalue weighted by Gasteiger charge is -2.38. The Bertz CT molecular complexity index is 668. The number of ketones is 1. The maximum Gasteiger partial charge on any atom is 0.169 e.